The minimum absolute atomic E-state index is 0. The van der Waals surface area contributed by atoms with Gasteiger partial charge in [0.2, 0.25) is 0 Å². The van der Waals surface area contributed by atoms with Crippen LogP contribution >= 0.6 is 0 Å². The van der Waals surface area contributed by atoms with E-state index in [4.69, 9.17) is 10.2 Å². The minimum atomic E-state index is -0.167. The van der Waals surface area contributed by atoms with Gasteiger partial charge in [0.05, 0.1) is 0 Å². The van der Waals surface area contributed by atoms with E-state index in [1.807, 2.05) is 0 Å². The summed E-state index contributed by atoms with van der Waals surface area (Å²) in [7, 11) is 0. The molecule has 49 valence electrons. The third-order valence-electron chi connectivity index (χ3n) is 0. The number of aliphatic hydroxyl groups excluding tert-OH is 2. The van der Waals surface area contributed by atoms with Gasteiger partial charge in [-0.1, -0.05) is 0 Å². The molecule has 0 aromatic carbocycles. The van der Waals surface area contributed by atoms with Crippen molar-refractivity contribution < 1.29 is 36.1 Å². The molecule has 0 saturated heterocycles. The molecule has 0 aromatic heterocycles. The molecular formula is C5H14O2Sc. The molecule has 8 heavy (non-hydrogen) atoms. The van der Waals surface area contributed by atoms with Crippen LogP contribution in [0, 0.1) is 0 Å². The summed E-state index contributed by atoms with van der Waals surface area (Å²) in [6.45, 7) is 5.38. The van der Waals surface area contributed by atoms with Crippen molar-refractivity contribution in [3.63, 3.8) is 0 Å². The minimum Gasteiger partial charge on any atom is -0.397 e. The zero-order valence-electron chi connectivity index (χ0n) is 5.76. The van der Waals surface area contributed by atoms with E-state index < -0.39 is 0 Å². The van der Waals surface area contributed by atoms with E-state index in [1.54, 1.807) is 20.8 Å². The van der Waals surface area contributed by atoms with E-state index in [2.05, 4.69) is 0 Å². The van der Waals surface area contributed by atoms with Crippen molar-refractivity contribution in [2.24, 2.45) is 0 Å². The maximum Gasteiger partial charge on any atom is 0.0483 e. The molecule has 0 bridgehead atoms. The molecule has 0 aliphatic heterocycles. The van der Waals surface area contributed by atoms with Gasteiger partial charge < -0.3 is 10.2 Å². The zero-order valence-corrected chi connectivity index (χ0v) is 7.56. The second-order valence-electron chi connectivity index (χ2n) is 1.41. The standard InChI is InChI=1S/C3H8O.C2H6O.Sc/c1-3(2)4;1-2-3;/h3-4H,1-2H3;3H,2H2,1H3;. The predicted molar refractivity (Wildman–Crippen MR) is 30.1 cm³/mol. The summed E-state index contributed by atoms with van der Waals surface area (Å²) in [4.78, 5) is 0. The van der Waals surface area contributed by atoms with Gasteiger partial charge in [-0.25, -0.2) is 0 Å². The van der Waals surface area contributed by atoms with Gasteiger partial charge in [-0.15, -0.1) is 0 Å². The second-order valence-corrected chi connectivity index (χ2v) is 1.41. The van der Waals surface area contributed by atoms with Gasteiger partial charge in [-0.05, 0) is 20.8 Å². The van der Waals surface area contributed by atoms with E-state index in [-0.39, 0.29) is 38.6 Å². The summed E-state index contributed by atoms with van der Waals surface area (Å²) in [5, 5.41) is 15.6. The molecule has 0 spiro atoms. The van der Waals surface area contributed by atoms with Crippen LogP contribution in [-0.4, -0.2) is 22.9 Å². The first kappa shape index (κ1) is 15.9. The van der Waals surface area contributed by atoms with Crippen molar-refractivity contribution in [1.29, 1.82) is 0 Å². The number of hydrogen-bond donors (Lipinski definition) is 2. The van der Waals surface area contributed by atoms with Crippen LogP contribution in [0.3, 0.4) is 0 Å². The molecule has 0 saturated carbocycles. The number of aliphatic hydroxyl groups is 2. The van der Waals surface area contributed by atoms with Crippen LogP contribution < -0.4 is 0 Å². The van der Waals surface area contributed by atoms with Gasteiger partial charge in [0, 0.05) is 38.6 Å². The molecule has 0 aromatic rings. The van der Waals surface area contributed by atoms with Gasteiger partial charge >= 0.3 is 0 Å². The number of hydrogen-bond acceptors (Lipinski definition) is 2. The van der Waals surface area contributed by atoms with Crippen molar-refractivity contribution in [2.45, 2.75) is 26.9 Å². The summed E-state index contributed by atoms with van der Waals surface area (Å²) in [5.41, 5.74) is 0. The molecule has 0 amide bonds. The first-order valence-electron chi connectivity index (χ1n) is 2.44. The Labute approximate surface area is 69.7 Å². The number of rotatable bonds is 0. The predicted octanol–water partition coefficient (Wildman–Crippen LogP) is 0.383. The van der Waals surface area contributed by atoms with E-state index in [0.29, 0.717) is 0 Å². The van der Waals surface area contributed by atoms with Gasteiger partial charge in [-0.2, -0.15) is 0 Å². The maximum absolute atomic E-state index is 8.06. The van der Waals surface area contributed by atoms with Gasteiger partial charge in [0.1, 0.15) is 0 Å². The van der Waals surface area contributed by atoms with Crippen LogP contribution in [-0.2, 0) is 25.8 Å². The van der Waals surface area contributed by atoms with E-state index in [1.165, 1.54) is 0 Å². The summed E-state index contributed by atoms with van der Waals surface area (Å²) >= 11 is 0. The second kappa shape index (κ2) is 15.7. The van der Waals surface area contributed by atoms with Crippen LogP contribution in [0.25, 0.3) is 0 Å². The monoisotopic (exact) mass is 151 g/mol. The molecule has 0 unspecified atom stereocenters. The molecule has 0 heterocycles. The van der Waals surface area contributed by atoms with Crippen LogP contribution in [0.15, 0.2) is 0 Å². The molecule has 0 fully saturated rings. The Kier molecular flexibility index (Phi) is 31.1. The summed E-state index contributed by atoms with van der Waals surface area (Å²) in [6.07, 6.45) is -0.167. The average molecular weight is 151 g/mol. The van der Waals surface area contributed by atoms with Crippen LogP contribution in [0.4, 0.5) is 0 Å². The van der Waals surface area contributed by atoms with Crippen molar-refractivity contribution in [3.05, 3.63) is 0 Å². The third kappa shape index (κ3) is 365. The molecule has 2 N–H and O–H groups in total. The van der Waals surface area contributed by atoms with Crippen molar-refractivity contribution in [3.8, 4) is 0 Å². The SMILES string of the molecule is CC(C)O.CCO.[Sc]. The van der Waals surface area contributed by atoms with Crippen LogP contribution in [0.5, 0.6) is 0 Å². The molecule has 3 heteroatoms. The molecular weight excluding hydrogens is 137 g/mol. The van der Waals surface area contributed by atoms with E-state index in [9.17, 15) is 0 Å². The maximum atomic E-state index is 8.06. The van der Waals surface area contributed by atoms with E-state index in [0.717, 1.165) is 0 Å². The summed E-state index contributed by atoms with van der Waals surface area (Å²) in [5.74, 6) is 0. The van der Waals surface area contributed by atoms with Crippen molar-refractivity contribution in [1.82, 2.24) is 0 Å². The summed E-state index contributed by atoms with van der Waals surface area (Å²) < 4.78 is 0. The third-order valence-corrected chi connectivity index (χ3v) is 0. The van der Waals surface area contributed by atoms with E-state index >= 15 is 0 Å². The Hall–Kier alpha value is 0.790. The largest absolute Gasteiger partial charge is 0.397 e. The van der Waals surface area contributed by atoms with Gasteiger partial charge in [-0.3, -0.25) is 0 Å². The molecule has 0 rings (SSSR count). The van der Waals surface area contributed by atoms with Crippen molar-refractivity contribution >= 4 is 0 Å². The first-order valence-corrected chi connectivity index (χ1v) is 2.44. The molecule has 0 atom stereocenters. The molecule has 1 radical (unpaired) electrons. The van der Waals surface area contributed by atoms with Gasteiger partial charge in [0.15, 0.2) is 0 Å². The molecule has 2 nitrogen and oxygen atoms in total. The average Bonchev–Trinajstić information content (AvgIpc) is 1.33. The topological polar surface area (TPSA) is 40.5 Å². The van der Waals surface area contributed by atoms with Crippen LogP contribution in [0.2, 0.25) is 0 Å². The molecule has 0 aliphatic rings. The first-order chi connectivity index (χ1) is 3.15. The van der Waals surface area contributed by atoms with Crippen LogP contribution in [0.1, 0.15) is 20.8 Å². The summed E-state index contributed by atoms with van der Waals surface area (Å²) in [6, 6.07) is 0. The zero-order chi connectivity index (χ0) is 6.28. The van der Waals surface area contributed by atoms with Gasteiger partial charge in [0.25, 0.3) is 0 Å². The van der Waals surface area contributed by atoms with Crippen molar-refractivity contribution in [2.75, 3.05) is 6.61 Å². The Morgan fingerprint density at radius 1 is 1.38 bits per heavy atom. The smallest absolute Gasteiger partial charge is 0.0483 e. The fourth-order valence-electron chi connectivity index (χ4n) is 0. The molecule has 0 aliphatic carbocycles. The Morgan fingerprint density at radius 3 is 1.38 bits per heavy atom. The Bertz CT molecular complexity index is 21.6. The fraction of sp³-hybridized carbons (Fsp3) is 1.00. The Morgan fingerprint density at radius 2 is 1.38 bits per heavy atom. The fourth-order valence-corrected chi connectivity index (χ4v) is 0. The normalized spacial score (nSPS) is 6.75. The Balaban J connectivity index is -0.0000000575. The quantitative estimate of drug-likeness (QED) is 0.525.